The van der Waals surface area contributed by atoms with E-state index in [1.165, 1.54) is 5.57 Å². The Labute approximate surface area is 201 Å². The molecule has 0 bridgehead atoms. The number of carbonyl (C=O) groups is 2. The molecule has 6 heteroatoms. The summed E-state index contributed by atoms with van der Waals surface area (Å²) >= 11 is 0. The molecule has 0 aliphatic heterocycles. The van der Waals surface area contributed by atoms with Gasteiger partial charge in [0.2, 0.25) is 0 Å². The minimum atomic E-state index is -1.28. The number of carboxylic acid groups (broad SMARTS) is 1. The Balaban J connectivity index is 1.63. The van der Waals surface area contributed by atoms with Gasteiger partial charge >= 0.3 is 5.97 Å². The highest BCUT2D eigenvalue weighted by atomic mass is 16.5. The van der Waals surface area contributed by atoms with Gasteiger partial charge in [0.1, 0.15) is 12.4 Å². The first-order chi connectivity index (χ1) is 16.1. The van der Waals surface area contributed by atoms with Crippen LogP contribution >= 0.6 is 0 Å². The molecule has 34 heavy (non-hydrogen) atoms. The molecule has 182 valence electrons. The van der Waals surface area contributed by atoms with Gasteiger partial charge in [-0.2, -0.15) is 0 Å². The minimum absolute atomic E-state index is 0.114. The number of nitrogens with zero attached hydrogens (tertiary/aromatic N) is 1. The molecule has 1 aliphatic rings. The number of carboxylic acids is 1. The maximum absolute atomic E-state index is 13.0. The third-order valence-electron chi connectivity index (χ3n) is 6.44. The molecule has 1 aliphatic carbocycles. The van der Waals surface area contributed by atoms with Crippen LogP contribution in [0.25, 0.3) is 0 Å². The lowest BCUT2D eigenvalue weighted by Crippen LogP contribution is -2.43. The van der Waals surface area contributed by atoms with E-state index >= 15 is 0 Å². The normalized spacial score (nSPS) is 17.7. The SMILES string of the molecule is CCC(C)(OC(C)(C)c1cccc(OCCn2cccc2C(=O)C2C=CC(C)=CC2)c1)C(=O)O. The summed E-state index contributed by atoms with van der Waals surface area (Å²) in [7, 11) is 0. The highest BCUT2D eigenvalue weighted by molar-refractivity contribution is 5.98. The second-order valence-corrected chi connectivity index (χ2v) is 9.48. The molecule has 0 spiro atoms. The van der Waals surface area contributed by atoms with Crippen molar-refractivity contribution < 1.29 is 24.2 Å². The number of hydrogen-bond donors (Lipinski definition) is 1. The lowest BCUT2D eigenvalue weighted by molar-refractivity contribution is -0.186. The van der Waals surface area contributed by atoms with Crippen LogP contribution in [0.2, 0.25) is 0 Å². The Hall–Kier alpha value is -3.12. The Bertz CT molecular complexity index is 1090. The van der Waals surface area contributed by atoms with Crippen LogP contribution in [0, 0.1) is 5.92 Å². The van der Waals surface area contributed by atoms with Gasteiger partial charge in [0.05, 0.1) is 17.8 Å². The Kier molecular flexibility index (Phi) is 7.82. The van der Waals surface area contributed by atoms with Crippen molar-refractivity contribution in [3.63, 3.8) is 0 Å². The summed E-state index contributed by atoms with van der Waals surface area (Å²) in [6.07, 6.45) is 9.06. The van der Waals surface area contributed by atoms with Crippen LogP contribution in [0.5, 0.6) is 5.75 Å². The second kappa shape index (κ2) is 10.4. The van der Waals surface area contributed by atoms with Crippen molar-refractivity contribution in [2.45, 2.75) is 65.2 Å². The minimum Gasteiger partial charge on any atom is -0.492 e. The predicted octanol–water partition coefficient (Wildman–Crippen LogP) is 5.78. The molecule has 0 saturated heterocycles. The van der Waals surface area contributed by atoms with Crippen LogP contribution in [-0.2, 0) is 21.7 Å². The number of benzene rings is 1. The van der Waals surface area contributed by atoms with Crippen molar-refractivity contribution in [1.29, 1.82) is 0 Å². The van der Waals surface area contributed by atoms with Crippen molar-refractivity contribution in [3.8, 4) is 5.75 Å². The van der Waals surface area contributed by atoms with E-state index in [-0.39, 0.29) is 11.7 Å². The van der Waals surface area contributed by atoms with Gasteiger partial charge < -0.3 is 19.1 Å². The van der Waals surface area contributed by atoms with E-state index in [0.717, 1.165) is 12.0 Å². The number of carbonyl (C=O) groups excluding carboxylic acids is 1. The summed E-state index contributed by atoms with van der Waals surface area (Å²) in [6.45, 7) is 10.1. The van der Waals surface area contributed by atoms with Gasteiger partial charge in [0, 0.05) is 12.1 Å². The fraction of sp³-hybridized carbons (Fsp3) is 0.429. The predicted molar refractivity (Wildman–Crippen MR) is 132 cm³/mol. The third kappa shape index (κ3) is 5.86. The molecule has 1 N–H and O–H groups in total. The molecule has 2 aromatic rings. The first-order valence-electron chi connectivity index (χ1n) is 11.8. The number of rotatable bonds is 11. The molecule has 2 unspecified atom stereocenters. The first-order valence-corrected chi connectivity index (χ1v) is 11.8. The molecule has 6 nitrogen and oxygen atoms in total. The number of allylic oxidation sites excluding steroid dienone is 4. The van der Waals surface area contributed by atoms with Gasteiger partial charge in [0.25, 0.3) is 0 Å². The van der Waals surface area contributed by atoms with E-state index in [9.17, 15) is 14.7 Å². The molecule has 3 rings (SSSR count). The molecule has 0 radical (unpaired) electrons. The number of Topliss-reactive ketones (excluding diaryl/α,β-unsaturated/α-hetero) is 1. The van der Waals surface area contributed by atoms with Crippen molar-refractivity contribution in [2.75, 3.05) is 6.61 Å². The highest BCUT2D eigenvalue weighted by Gasteiger charge is 2.39. The fourth-order valence-corrected chi connectivity index (χ4v) is 4.06. The van der Waals surface area contributed by atoms with Gasteiger partial charge in [-0.3, -0.25) is 4.79 Å². The number of ketones is 1. The number of aromatic nitrogens is 1. The summed E-state index contributed by atoms with van der Waals surface area (Å²) in [4.78, 5) is 24.7. The lowest BCUT2D eigenvalue weighted by Gasteiger charge is -2.35. The second-order valence-electron chi connectivity index (χ2n) is 9.48. The maximum atomic E-state index is 13.0. The topological polar surface area (TPSA) is 77.8 Å². The van der Waals surface area contributed by atoms with Crippen LogP contribution in [-0.4, -0.2) is 33.6 Å². The van der Waals surface area contributed by atoms with Gasteiger partial charge in [-0.1, -0.05) is 42.9 Å². The largest absolute Gasteiger partial charge is 0.492 e. The van der Waals surface area contributed by atoms with Gasteiger partial charge in [0.15, 0.2) is 11.4 Å². The Morgan fingerprint density at radius 1 is 1.18 bits per heavy atom. The summed E-state index contributed by atoms with van der Waals surface area (Å²) in [6, 6.07) is 11.3. The van der Waals surface area contributed by atoms with Crippen molar-refractivity contribution in [1.82, 2.24) is 4.57 Å². The van der Waals surface area contributed by atoms with Gasteiger partial charge in [-0.15, -0.1) is 0 Å². The van der Waals surface area contributed by atoms with Gasteiger partial charge in [-0.05, 0) is 70.4 Å². The smallest absolute Gasteiger partial charge is 0.335 e. The highest BCUT2D eigenvalue weighted by Crippen LogP contribution is 2.33. The van der Waals surface area contributed by atoms with Crippen LogP contribution in [0.3, 0.4) is 0 Å². The third-order valence-corrected chi connectivity index (χ3v) is 6.44. The number of hydrogen-bond acceptors (Lipinski definition) is 4. The van der Waals surface area contributed by atoms with Crippen LogP contribution < -0.4 is 4.74 Å². The van der Waals surface area contributed by atoms with Crippen LogP contribution in [0.15, 0.2) is 66.4 Å². The molecule has 0 fully saturated rings. The standard InChI is InChI=1S/C28H35NO5/c1-6-28(5,26(31)32)34-27(3,4)22-9-7-10-23(19-22)33-18-17-29-16-8-11-24(29)25(30)21-14-12-20(2)13-15-21/h7-14,16,19,21H,6,15,17-18H2,1-5H3,(H,31,32). The first kappa shape index (κ1) is 25.5. The summed E-state index contributed by atoms with van der Waals surface area (Å²) in [5, 5.41) is 9.58. The summed E-state index contributed by atoms with van der Waals surface area (Å²) < 4.78 is 14.0. The molecular weight excluding hydrogens is 430 g/mol. The molecule has 0 saturated carbocycles. The molecular formula is C28H35NO5. The molecule has 0 amide bonds. The van der Waals surface area contributed by atoms with E-state index in [2.05, 4.69) is 6.08 Å². The zero-order valence-corrected chi connectivity index (χ0v) is 20.7. The maximum Gasteiger partial charge on any atom is 0.335 e. The number of aliphatic carboxylic acids is 1. The van der Waals surface area contributed by atoms with E-state index in [1.54, 1.807) is 13.8 Å². The number of ether oxygens (including phenoxy) is 2. The lowest BCUT2D eigenvalue weighted by atomic mass is 9.92. The average Bonchev–Trinajstić information content (AvgIpc) is 3.27. The molecule has 2 atom stereocenters. The quantitative estimate of drug-likeness (QED) is 0.426. The molecule has 1 heterocycles. The molecule has 1 aromatic carbocycles. The van der Waals surface area contributed by atoms with Crippen molar-refractivity contribution in [2.24, 2.45) is 5.92 Å². The van der Waals surface area contributed by atoms with E-state index in [0.29, 0.717) is 31.0 Å². The zero-order chi connectivity index (χ0) is 24.9. The Morgan fingerprint density at radius 2 is 1.94 bits per heavy atom. The fourth-order valence-electron chi connectivity index (χ4n) is 4.06. The molecule has 1 aromatic heterocycles. The van der Waals surface area contributed by atoms with Crippen LogP contribution in [0.4, 0.5) is 0 Å². The van der Waals surface area contributed by atoms with Crippen molar-refractivity contribution >= 4 is 11.8 Å². The zero-order valence-electron chi connectivity index (χ0n) is 20.7. The van der Waals surface area contributed by atoms with E-state index in [1.807, 2.05) is 80.1 Å². The van der Waals surface area contributed by atoms with Crippen LogP contribution in [0.1, 0.15) is 63.5 Å². The van der Waals surface area contributed by atoms with E-state index < -0.39 is 17.2 Å². The average molecular weight is 466 g/mol. The monoisotopic (exact) mass is 465 g/mol. The summed E-state index contributed by atoms with van der Waals surface area (Å²) in [5.41, 5.74) is 0.603. The van der Waals surface area contributed by atoms with E-state index in [4.69, 9.17) is 9.47 Å². The Morgan fingerprint density at radius 3 is 2.59 bits per heavy atom. The van der Waals surface area contributed by atoms with Crippen molar-refractivity contribution in [3.05, 3.63) is 77.7 Å². The van der Waals surface area contributed by atoms with Gasteiger partial charge in [-0.25, -0.2) is 4.79 Å². The summed E-state index contributed by atoms with van der Waals surface area (Å²) in [5.74, 6) is -0.332.